The van der Waals surface area contributed by atoms with Gasteiger partial charge in [-0.2, -0.15) is 0 Å². The van der Waals surface area contributed by atoms with Gasteiger partial charge in [0.1, 0.15) is 5.78 Å². The summed E-state index contributed by atoms with van der Waals surface area (Å²) in [6.07, 6.45) is 0.992. The molecular weight excluding hydrogens is 493 g/mol. The van der Waals surface area contributed by atoms with Crippen LogP contribution < -0.4 is 10.4 Å². The highest BCUT2D eigenvalue weighted by Crippen LogP contribution is 2.40. The van der Waals surface area contributed by atoms with Crippen molar-refractivity contribution >= 4 is 32.8 Å². The van der Waals surface area contributed by atoms with E-state index >= 15 is 0 Å². The maximum Gasteiger partial charge on any atom is 0.261 e. The van der Waals surface area contributed by atoms with Crippen LogP contribution in [-0.2, 0) is 18.4 Å². The fourth-order valence-electron chi connectivity index (χ4n) is 5.19. The minimum atomic E-state index is -2.70. The summed E-state index contributed by atoms with van der Waals surface area (Å²) in [5.41, 5.74) is 0. The number of Topliss-reactive ketones (excluding diaryl/α,β-unsaturated/α-hetero) is 1. The van der Waals surface area contributed by atoms with Crippen molar-refractivity contribution in [2.24, 2.45) is 0 Å². The summed E-state index contributed by atoms with van der Waals surface area (Å²) >= 11 is 0. The molecule has 2 aromatic carbocycles. The highest BCUT2D eigenvalue weighted by atomic mass is 28.4. The Balaban J connectivity index is 1.91. The van der Waals surface area contributed by atoms with Crippen molar-refractivity contribution in [3.05, 3.63) is 60.7 Å². The molecule has 0 aromatic heterocycles. The van der Waals surface area contributed by atoms with Crippen LogP contribution in [0.1, 0.15) is 67.7 Å². The molecule has 204 valence electrons. The van der Waals surface area contributed by atoms with Gasteiger partial charge in [-0.3, -0.25) is 4.79 Å². The molecule has 6 heteroatoms. The smallest absolute Gasteiger partial charge is 0.261 e. The molecule has 3 atom stereocenters. The van der Waals surface area contributed by atoms with E-state index in [1.165, 1.54) is 10.4 Å². The van der Waals surface area contributed by atoms with Crippen LogP contribution in [0, 0.1) is 0 Å². The van der Waals surface area contributed by atoms with Gasteiger partial charge in [0, 0.05) is 12.8 Å². The molecule has 0 spiro atoms. The first-order chi connectivity index (χ1) is 17.2. The zero-order valence-corrected chi connectivity index (χ0v) is 26.5. The molecule has 0 saturated carbocycles. The average molecular weight is 541 g/mol. The van der Waals surface area contributed by atoms with Gasteiger partial charge in [0.2, 0.25) is 0 Å². The Labute approximate surface area is 227 Å². The molecule has 0 aliphatic carbocycles. The summed E-state index contributed by atoms with van der Waals surface area (Å²) in [6.45, 7) is 20.5. The van der Waals surface area contributed by atoms with Gasteiger partial charge in [0.05, 0.1) is 24.9 Å². The zero-order chi connectivity index (χ0) is 27.5. The van der Waals surface area contributed by atoms with Gasteiger partial charge in [-0.1, -0.05) is 109 Å². The number of benzene rings is 2. The van der Waals surface area contributed by atoms with E-state index in [2.05, 4.69) is 122 Å². The zero-order valence-electron chi connectivity index (χ0n) is 24.5. The van der Waals surface area contributed by atoms with Gasteiger partial charge in [-0.25, -0.2) is 0 Å². The van der Waals surface area contributed by atoms with Crippen LogP contribution in [0.25, 0.3) is 0 Å². The predicted octanol–water partition coefficient (Wildman–Crippen LogP) is 6.48. The molecule has 1 heterocycles. The molecule has 0 bridgehead atoms. The topological polar surface area (TPSA) is 44.8 Å². The molecular formula is C31H48O4Si2. The summed E-state index contributed by atoms with van der Waals surface area (Å²) in [5, 5.41) is 2.43. The maximum absolute atomic E-state index is 13.2. The van der Waals surface area contributed by atoms with Crippen LogP contribution in [0.5, 0.6) is 0 Å². The molecule has 2 aromatic rings. The molecule has 1 aliphatic rings. The molecule has 0 radical (unpaired) electrons. The van der Waals surface area contributed by atoms with Crippen LogP contribution in [0.3, 0.4) is 0 Å². The third-order valence-corrected chi connectivity index (χ3v) is 17.7. The van der Waals surface area contributed by atoms with Crippen LogP contribution in [-0.4, -0.2) is 47.3 Å². The lowest BCUT2D eigenvalue weighted by Crippen LogP contribution is -2.67. The highest BCUT2D eigenvalue weighted by molar-refractivity contribution is 6.99. The third-order valence-electron chi connectivity index (χ3n) is 8.22. The molecule has 4 nitrogen and oxygen atoms in total. The summed E-state index contributed by atoms with van der Waals surface area (Å²) in [4.78, 5) is 13.2. The number of ether oxygens (including phenoxy) is 1. The van der Waals surface area contributed by atoms with Gasteiger partial charge < -0.3 is 13.6 Å². The number of hydrogen-bond acceptors (Lipinski definition) is 4. The Kier molecular flexibility index (Phi) is 9.45. The normalized spacial score (nSPS) is 22.1. The van der Waals surface area contributed by atoms with E-state index in [1.54, 1.807) is 0 Å². The summed E-state index contributed by atoms with van der Waals surface area (Å²) in [7, 11) is -4.74. The fourth-order valence-corrected chi connectivity index (χ4v) is 11.1. The number of rotatable bonds is 8. The first-order valence-electron chi connectivity index (χ1n) is 13.8. The minimum absolute atomic E-state index is 0.0758. The lowest BCUT2D eigenvalue weighted by Gasteiger charge is -2.44. The Morgan fingerprint density at radius 1 is 0.838 bits per heavy atom. The molecule has 1 aliphatic heterocycles. The van der Waals surface area contributed by atoms with E-state index < -0.39 is 16.6 Å². The largest absolute Gasteiger partial charge is 0.411 e. The fraction of sp³-hybridized carbons (Fsp3) is 0.581. The van der Waals surface area contributed by atoms with Gasteiger partial charge in [-0.05, 0) is 40.0 Å². The van der Waals surface area contributed by atoms with Crippen LogP contribution >= 0.6 is 0 Å². The lowest BCUT2D eigenvalue weighted by molar-refractivity contribution is -0.121. The summed E-state index contributed by atoms with van der Waals surface area (Å²) in [6, 6.07) is 21.3. The summed E-state index contributed by atoms with van der Waals surface area (Å²) < 4.78 is 20.5. The van der Waals surface area contributed by atoms with E-state index in [-0.39, 0.29) is 34.2 Å². The highest BCUT2D eigenvalue weighted by Gasteiger charge is 2.51. The Bertz CT molecular complexity index is 969. The average Bonchev–Trinajstić information content (AvgIpc) is 2.96. The molecule has 0 amide bonds. The van der Waals surface area contributed by atoms with Crippen molar-refractivity contribution in [3.63, 3.8) is 0 Å². The molecule has 3 rings (SSSR count). The van der Waals surface area contributed by atoms with Crippen LogP contribution in [0.15, 0.2) is 60.7 Å². The molecule has 37 heavy (non-hydrogen) atoms. The number of ketones is 1. The van der Waals surface area contributed by atoms with E-state index in [0.29, 0.717) is 19.4 Å². The lowest BCUT2D eigenvalue weighted by atomic mass is 10.1. The second-order valence-electron chi connectivity index (χ2n) is 13.0. The van der Waals surface area contributed by atoms with Gasteiger partial charge in [0.25, 0.3) is 8.32 Å². The first kappa shape index (κ1) is 30.0. The molecule has 0 unspecified atom stereocenters. The van der Waals surface area contributed by atoms with Crippen molar-refractivity contribution in [2.45, 2.75) is 109 Å². The van der Waals surface area contributed by atoms with Crippen molar-refractivity contribution in [2.75, 3.05) is 6.61 Å². The quantitative estimate of drug-likeness (QED) is 0.360. The standard InChI is InChI=1S/C31H48O4Si2/c1-10-28-29(35-36(8,9)30(2,3)4)22-24(32)21-25(34-28)23-33-37(31(5,6)7,26-17-13-11-14-18-26)27-19-15-12-16-20-27/h11-20,25,28-29H,10,21-23H2,1-9H3/t25-,28-,29+/m0/s1. The number of hydrogen-bond donors (Lipinski definition) is 0. The van der Waals surface area contributed by atoms with E-state index in [0.717, 1.165) is 6.42 Å². The van der Waals surface area contributed by atoms with Gasteiger partial charge in [0.15, 0.2) is 8.32 Å². The Morgan fingerprint density at radius 2 is 1.35 bits per heavy atom. The van der Waals surface area contributed by atoms with Crippen molar-refractivity contribution in [1.82, 2.24) is 0 Å². The Morgan fingerprint density at radius 3 is 1.78 bits per heavy atom. The molecule has 1 fully saturated rings. The minimum Gasteiger partial charge on any atom is -0.411 e. The SMILES string of the molecule is CC[C@@H]1O[C@H](CO[Si](c2ccccc2)(c2ccccc2)C(C)(C)C)CC(=O)C[C@H]1O[Si](C)(C)C(C)(C)C. The van der Waals surface area contributed by atoms with Crippen LogP contribution in [0.4, 0.5) is 0 Å². The van der Waals surface area contributed by atoms with Crippen molar-refractivity contribution < 1.29 is 18.4 Å². The van der Waals surface area contributed by atoms with Crippen molar-refractivity contribution in [3.8, 4) is 0 Å². The van der Waals surface area contributed by atoms with Crippen molar-refractivity contribution in [1.29, 1.82) is 0 Å². The van der Waals surface area contributed by atoms with E-state index in [9.17, 15) is 4.79 Å². The first-order valence-corrected chi connectivity index (χ1v) is 18.6. The number of carbonyl (C=O) groups is 1. The second kappa shape index (κ2) is 11.7. The number of carbonyl (C=O) groups excluding carboxylic acids is 1. The Hall–Kier alpha value is -1.58. The summed E-state index contributed by atoms with van der Waals surface area (Å²) in [5.74, 6) is 0.204. The van der Waals surface area contributed by atoms with E-state index in [1.807, 2.05) is 0 Å². The molecule has 1 saturated heterocycles. The predicted molar refractivity (Wildman–Crippen MR) is 159 cm³/mol. The van der Waals surface area contributed by atoms with Crippen LogP contribution in [0.2, 0.25) is 23.2 Å². The monoisotopic (exact) mass is 540 g/mol. The van der Waals surface area contributed by atoms with Gasteiger partial charge in [-0.15, -0.1) is 0 Å². The van der Waals surface area contributed by atoms with Gasteiger partial charge >= 0.3 is 0 Å². The third kappa shape index (κ3) is 6.71. The maximum atomic E-state index is 13.2. The second-order valence-corrected chi connectivity index (χ2v) is 22.1. The molecule has 0 N–H and O–H groups in total. The van der Waals surface area contributed by atoms with E-state index in [4.69, 9.17) is 13.6 Å².